The zero-order valence-electron chi connectivity index (χ0n) is 12.3. The minimum Gasteiger partial charge on any atom is -0.484 e. The number of hydrogen-bond acceptors (Lipinski definition) is 2. The molecule has 2 fully saturated rings. The highest BCUT2D eigenvalue weighted by Gasteiger charge is 2.42. The van der Waals surface area contributed by atoms with Crippen molar-refractivity contribution in [3.8, 4) is 5.75 Å². The predicted octanol–water partition coefficient (Wildman–Crippen LogP) is 3.66. The fourth-order valence-electron chi connectivity index (χ4n) is 3.99. The molecule has 4 atom stereocenters. The van der Waals surface area contributed by atoms with Crippen LogP contribution in [0.2, 0.25) is 5.02 Å². The molecule has 0 spiro atoms. The summed E-state index contributed by atoms with van der Waals surface area (Å²) in [6.07, 6.45) is 5.38. The van der Waals surface area contributed by atoms with E-state index in [4.69, 9.17) is 16.3 Å². The first-order valence-corrected chi connectivity index (χ1v) is 8.17. The van der Waals surface area contributed by atoms with Gasteiger partial charge in [-0.05, 0) is 68.2 Å². The number of amides is 1. The molecule has 114 valence electrons. The Morgan fingerprint density at radius 2 is 2.10 bits per heavy atom. The Morgan fingerprint density at radius 1 is 1.33 bits per heavy atom. The summed E-state index contributed by atoms with van der Waals surface area (Å²) in [5.74, 6) is 3.01. The van der Waals surface area contributed by atoms with Crippen LogP contribution < -0.4 is 10.1 Å². The zero-order chi connectivity index (χ0) is 14.8. The molecule has 2 aliphatic rings. The van der Waals surface area contributed by atoms with E-state index in [1.807, 2.05) is 0 Å². The van der Waals surface area contributed by atoms with Crippen LogP contribution in [0.4, 0.5) is 0 Å². The van der Waals surface area contributed by atoms with Gasteiger partial charge in [0.15, 0.2) is 6.61 Å². The summed E-state index contributed by atoms with van der Waals surface area (Å²) >= 11 is 5.81. The number of halogens is 1. The third-order valence-corrected chi connectivity index (χ3v) is 5.26. The molecule has 2 aliphatic carbocycles. The summed E-state index contributed by atoms with van der Waals surface area (Å²) in [5.41, 5.74) is 0. The summed E-state index contributed by atoms with van der Waals surface area (Å²) in [6.45, 7) is 2.19. The monoisotopic (exact) mass is 307 g/mol. The lowest BCUT2D eigenvalue weighted by Gasteiger charge is -2.28. The van der Waals surface area contributed by atoms with Gasteiger partial charge in [0.05, 0.1) is 0 Å². The minimum atomic E-state index is -0.0415. The van der Waals surface area contributed by atoms with Gasteiger partial charge >= 0.3 is 0 Å². The second-order valence-electron chi connectivity index (χ2n) is 6.44. The van der Waals surface area contributed by atoms with E-state index in [-0.39, 0.29) is 18.6 Å². The number of hydrogen-bond donors (Lipinski definition) is 1. The molecule has 0 aromatic heterocycles. The van der Waals surface area contributed by atoms with Crippen LogP contribution in [0.25, 0.3) is 0 Å². The largest absolute Gasteiger partial charge is 0.484 e. The quantitative estimate of drug-likeness (QED) is 0.901. The van der Waals surface area contributed by atoms with Crippen molar-refractivity contribution in [3.05, 3.63) is 29.3 Å². The van der Waals surface area contributed by atoms with E-state index in [0.29, 0.717) is 16.7 Å². The molecular formula is C17H22ClNO2. The van der Waals surface area contributed by atoms with Crippen molar-refractivity contribution in [3.63, 3.8) is 0 Å². The first kappa shape index (κ1) is 14.7. The van der Waals surface area contributed by atoms with Crippen LogP contribution in [0.1, 0.15) is 32.6 Å². The second-order valence-corrected chi connectivity index (χ2v) is 6.87. The van der Waals surface area contributed by atoms with Gasteiger partial charge in [0.1, 0.15) is 5.75 Å². The van der Waals surface area contributed by atoms with Crippen LogP contribution in [0.15, 0.2) is 24.3 Å². The van der Waals surface area contributed by atoms with Gasteiger partial charge in [0.25, 0.3) is 5.91 Å². The van der Waals surface area contributed by atoms with Crippen molar-refractivity contribution >= 4 is 17.5 Å². The van der Waals surface area contributed by atoms with Gasteiger partial charge in [0, 0.05) is 11.1 Å². The van der Waals surface area contributed by atoms with Gasteiger partial charge < -0.3 is 10.1 Å². The first-order chi connectivity index (χ1) is 10.1. The van der Waals surface area contributed by atoms with E-state index >= 15 is 0 Å². The van der Waals surface area contributed by atoms with Gasteiger partial charge in [-0.2, -0.15) is 0 Å². The van der Waals surface area contributed by atoms with E-state index in [1.54, 1.807) is 24.3 Å². The Hall–Kier alpha value is -1.22. The standard InChI is InChI=1S/C17H22ClNO2/c1-11(16-9-12-2-3-13(16)8-12)19-17(20)10-21-15-6-4-14(18)5-7-15/h4-7,11-13,16H,2-3,8-10H2,1H3,(H,19,20)/t11-,12-,13-,16-/m0/s1. The maximum atomic E-state index is 12.0. The molecule has 3 rings (SSSR count). The van der Waals surface area contributed by atoms with Crippen LogP contribution >= 0.6 is 11.6 Å². The highest BCUT2D eigenvalue weighted by Crippen LogP contribution is 2.49. The average Bonchev–Trinajstić information content (AvgIpc) is 3.09. The maximum Gasteiger partial charge on any atom is 0.258 e. The highest BCUT2D eigenvalue weighted by atomic mass is 35.5. The summed E-state index contributed by atoms with van der Waals surface area (Å²) in [7, 11) is 0. The van der Waals surface area contributed by atoms with Gasteiger partial charge in [0.2, 0.25) is 0 Å². The van der Waals surface area contributed by atoms with Crippen molar-refractivity contribution in [2.24, 2.45) is 17.8 Å². The fourth-order valence-corrected chi connectivity index (χ4v) is 4.11. The van der Waals surface area contributed by atoms with Crippen molar-refractivity contribution in [2.75, 3.05) is 6.61 Å². The van der Waals surface area contributed by atoms with Crippen LogP contribution in [-0.4, -0.2) is 18.6 Å². The Balaban J connectivity index is 1.44. The van der Waals surface area contributed by atoms with Crippen LogP contribution in [-0.2, 0) is 4.79 Å². The van der Waals surface area contributed by atoms with Gasteiger partial charge in [-0.15, -0.1) is 0 Å². The van der Waals surface area contributed by atoms with Crippen molar-refractivity contribution in [1.29, 1.82) is 0 Å². The van der Waals surface area contributed by atoms with Crippen molar-refractivity contribution in [1.82, 2.24) is 5.32 Å². The smallest absolute Gasteiger partial charge is 0.258 e. The summed E-state index contributed by atoms with van der Waals surface area (Å²) in [4.78, 5) is 12.0. The lowest BCUT2D eigenvalue weighted by atomic mass is 9.84. The van der Waals surface area contributed by atoms with Crippen LogP contribution in [0, 0.1) is 17.8 Å². The summed E-state index contributed by atoms with van der Waals surface area (Å²) < 4.78 is 5.48. The number of ether oxygens (including phenoxy) is 1. The first-order valence-electron chi connectivity index (χ1n) is 7.79. The summed E-state index contributed by atoms with van der Waals surface area (Å²) in [5, 5.41) is 3.76. The molecule has 1 N–H and O–H groups in total. The number of fused-ring (bicyclic) bond motifs is 2. The molecule has 0 radical (unpaired) electrons. The number of rotatable bonds is 5. The fraction of sp³-hybridized carbons (Fsp3) is 0.588. The zero-order valence-corrected chi connectivity index (χ0v) is 13.1. The molecule has 0 aliphatic heterocycles. The second kappa shape index (κ2) is 6.27. The third-order valence-electron chi connectivity index (χ3n) is 5.01. The molecule has 0 heterocycles. The van der Waals surface area contributed by atoms with E-state index in [0.717, 1.165) is 11.8 Å². The highest BCUT2D eigenvalue weighted by molar-refractivity contribution is 6.30. The third kappa shape index (κ3) is 3.52. The average molecular weight is 308 g/mol. The van der Waals surface area contributed by atoms with Crippen molar-refractivity contribution < 1.29 is 9.53 Å². The molecular weight excluding hydrogens is 286 g/mol. The maximum absolute atomic E-state index is 12.0. The van der Waals surface area contributed by atoms with Crippen LogP contribution in [0.5, 0.6) is 5.75 Å². The number of nitrogens with one attached hydrogen (secondary N) is 1. The van der Waals surface area contributed by atoms with Crippen molar-refractivity contribution in [2.45, 2.75) is 38.6 Å². The summed E-state index contributed by atoms with van der Waals surface area (Å²) in [6, 6.07) is 7.31. The number of carbonyl (C=O) groups is 1. The van der Waals surface area contributed by atoms with Crippen LogP contribution in [0.3, 0.4) is 0 Å². The SMILES string of the molecule is C[C@H](NC(=O)COc1ccc(Cl)cc1)[C@@H]1C[C@H]2CC[C@H]1C2. The molecule has 1 amide bonds. The molecule has 1 aromatic rings. The predicted molar refractivity (Wildman–Crippen MR) is 83.5 cm³/mol. The number of benzene rings is 1. The van der Waals surface area contributed by atoms with Gasteiger partial charge in [-0.1, -0.05) is 18.0 Å². The minimum absolute atomic E-state index is 0.0415. The normalized spacial score (nSPS) is 28.4. The lowest BCUT2D eigenvalue weighted by Crippen LogP contribution is -2.42. The molecule has 21 heavy (non-hydrogen) atoms. The van der Waals surface area contributed by atoms with E-state index in [1.165, 1.54) is 25.7 Å². The molecule has 2 saturated carbocycles. The van der Waals surface area contributed by atoms with Gasteiger partial charge in [-0.3, -0.25) is 4.79 Å². The lowest BCUT2D eigenvalue weighted by molar-refractivity contribution is -0.124. The Kier molecular flexibility index (Phi) is 4.39. The molecule has 0 unspecified atom stereocenters. The topological polar surface area (TPSA) is 38.3 Å². The molecule has 0 saturated heterocycles. The van der Waals surface area contributed by atoms with E-state index in [2.05, 4.69) is 12.2 Å². The van der Waals surface area contributed by atoms with E-state index < -0.39 is 0 Å². The molecule has 4 heteroatoms. The number of carbonyl (C=O) groups excluding carboxylic acids is 1. The van der Waals surface area contributed by atoms with E-state index in [9.17, 15) is 4.79 Å². The van der Waals surface area contributed by atoms with Gasteiger partial charge in [-0.25, -0.2) is 0 Å². The Morgan fingerprint density at radius 3 is 2.71 bits per heavy atom. The molecule has 2 bridgehead atoms. The molecule has 1 aromatic carbocycles. The Labute approximate surface area is 131 Å². The Bertz CT molecular complexity index is 502. The molecule has 3 nitrogen and oxygen atoms in total.